The normalized spacial score (nSPS) is 14.9. The van der Waals surface area contributed by atoms with Crippen molar-refractivity contribution in [3.05, 3.63) is 76.9 Å². The van der Waals surface area contributed by atoms with E-state index in [1.165, 1.54) is 23.6 Å². The predicted octanol–water partition coefficient (Wildman–Crippen LogP) is 5.24. The van der Waals surface area contributed by atoms with Gasteiger partial charge < -0.3 is 34.8 Å². The maximum Gasteiger partial charge on any atom is 0.267 e. The molecule has 14 heteroatoms. The number of ether oxygens (including phenoxy) is 2. The number of benzene rings is 1. The molecule has 2 saturated heterocycles. The molecule has 47 heavy (non-hydrogen) atoms. The molecular formula is C33H35ClN8O4S. The van der Waals surface area contributed by atoms with Crippen molar-refractivity contribution < 1.29 is 19.1 Å². The van der Waals surface area contributed by atoms with Gasteiger partial charge in [-0.3, -0.25) is 9.59 Å². The third-order valence-electron chi connectivity index (χ3n) is 8.22. The number of nitrogens with one attached hydrogen (secondary N) is 2. The fourth-order valence-electron chi connectivity index (χ4n) is 5.48. The van der Waals surface area contributed by atoms with E-state index in [1.807, 2.05) is 37.4 Å². The highest BCUT2D eigenvalue weighted by molar-refractivity contribution is 7.17. The van der Waals surface area contributed by atoms with Crippen LogP contribution in [0.15, 0.2) is 61.4 Å². The van der Waals surface area contributed by atoms with Gasteiger partial charge in [-0.25, -0.2) is 15.0 Å². The van der Waals surface area contributed by atoms with Crippen LogP contribution in [-0.2, 0) is 9.53 Å². The van der Waals surface area contributed by atoms with Gasteiger partial charge in [-0.05, 0) is 42.8 Å². The third-order valence-corrected chi connectivity index (χ3v) is 9.45. The van der Waals surface area contributed by atoms with Gasteiger partial charge in [0, 0.05) is 58.1 Å². The number of carbonyl (C=O) groups is 2. The molecule has 0 atom stereocenters. The average Bonchev–Trinajstić information content (AvgIpc) is 3.54. The number of rotatable bonds is 10. The highest BCUT2D eigenvalue weighted by Gasteiger charge is 2.31. The summed E-state index contributed by atoms with van der Waals surface area (Å²) < 4.78 is 11.1. The fraction of sp³-hybridized carbons (Fsp3) is 0.303. The number of anilines is 5. The second kappa shape index (κ2) is 14.0. The standard InChI is InChI=1S/C33H35ClN8O4S/c1-5-28(43)40-11-13-41(14-12-40)31-25(42-18-22(19-42)45-3)15-21(16-35-31)24-9-10-26(46-4)30(37-24)39-33-36-17-27(47-33)32(44)38-29-20(2)7-6-8-23(29)34/h5-10,15-17,22H,1,11-14,18-19H2,2-4H3,(H,38,44)(H,36,37,39). The van der Waals surface area contributed by atoms with E-state index >= 15 is 0 Å². The van der Waals surface area contributed by atoms with Crippen LogP contribution < -0.4 is 25.2 Å². The molecular weight excluding hydrogens is 640 g/mol. The Bertz CT molecular complexity index is 1780. The minimum atomic E-state index is -0.311. The van der Waals surface area contributed by atoms with Crippen molar-refractivity contribution >= 4 is 62.9 Å². The third kappa shape index (κ3) is 6.87. The lowest BCUT2D eigenvalue weighted by Crippen LogP contribution is -2.53. The molecule has 0 bridgehead atoms. The van der Waals surface area contributed by atoms with Gasteiger partial charge in [-0.1, -0.05) is 41.6 Å². The van der Waals surface area contributed by atoms with E-state index in [2.05, 4.69) is 38.1 Å². The molecule has 2 aliphatic rings. The Morgan fingerprint density at radius 1 is 1.06 bits per heavy atom. The summed E-state index contributed by atoms with van der Waals surface area (Å²) in [7, 11) is 3.29. The number of hydrogen-bond acceptors (Lipinski definition) is 11. The molecule has 2 fully saturated rings. The summed E-state index contributed by atoms with van der Waals surface area (Å²) in [6.07, 6.45) is 4.84. The molecule has 12 nitrogen and oxygen atoms in total. The number of hydrogen-bond donors (Lipinski definition) is 2. The molecule has 1 aromatic carbocycles. The number of methoxy groups -OCH3 is 2. The van der Waals surface area contributed by atoms with Crippen molar-refractivity contribution in [2.75, 3.05) is 73.9 Å². The van der Waals surface area contributed by atoms with Gasteiger partial charge in [0.15, 0.2) is 22.5 Å². The van der Waals surface area contributed by atoms with Gasteiger partial charge in [0.25, 0.3) is 5.91 Å². The number of halogens is 1. The first-order chi connectivity index (χ1) is 22.8. The lowest BCUT2D eigenvalue weighted by atomic mass is 10.1. The molecule has 244 valence electrons. The Labute approximate surface area is 282 Å². The molecule has 2 N–H and O–H groups in total. The molecule has 0 aliphatic carbocycles. The van der Waals surface area contributed by atoms with Crippen LogP contribution in [0.3, 0.4) is 0 Å². The smallest absolute Gasteiger partial charge is 0.267 e. The first kappa shape index (κ1) is 32.2. The van der Waals surface area contributed by atoms with Gasteiger partial charge in [-0.2, -0.15) is 0 Å². The summed E-state index contributed by atoms with van der Waals surface area (Å²) in [5, 5.41) is 7.04. The molecule has 2 aliphatic heterocycles. The van der Waals surface area contributed by atoms with Gasteiger partial charge in [0.05, 0.1) is 41.5 Å². The van der Waals surface area contributed by atoms with Crippen molar-refractivity contribution in [2.24, 2.45) is 0 Å². The Morgan fingerprint density at radius 3 is 2.55 bits per heavy atom. The van der Waals surface area contributed by atoms with Gasteiger partial charge in [0.1, 0.15) is 4.88 Å². The van der Waals surface area contributed by atoms with Crippen molar-refractivity contribution in [1.82, 2.24) is 19.9 Å². The topological polar surface area (TPSA) is 125 Å². The Balaban J connectivity index is 1.23. The lowest BCUT2D eigenvalue weighted by Gasteiger charge is -2.43. The van der Waals surface area contributed by atoms with Crippen molar-refractivity contribution in [1.29, 1.82) is 0 Å². The zero-order valence-electron chi connectivity index (χ0n) is 26.3. The van der Waals surface area contributed by atoms with E-state index in [9.17, 15) is 9.59 Å². The number of para-hydroxylation sites is 1. The van der Waals surface area contributed by atoms with Gasteiger partial charge in [0.2, 0.25) is 5.91 Å². The van der Waals surface area contributed by atoms with E-state index in [4.69, 9.17) is 31.0 Å². The largest absolute Gasteiger partial charge is 0.493 e. The van der Waals surface area contributed by atoms with Crippen LogP contribution >= 0.6 is 22.9 Å². The number of pyridine rings is 2. The number of aryl methyl sites for hydroxylation is 1. The van der Waals surface area contributed by atoms with Crippen LogP contribution in [0.25, 0.3) is 11.3 Å². The number of aromatic nitrogens is 3. The Kier molecular flexibility index (Phi) is 9.57. The molecule has 4 aromatic rings. The van der Waals surface area contributed by atoms with E-state index < -0.39 is 0 Å². The maximum atomic E-state index is 13.0. The van der Waals surface area contributed by atoms with E-state index in [-0.39, 0.29) is 17.9 Å². The molecule has 5 heterocycles. The highest BCUT2D eigenvalue weighted by atomic mass is 35.5. The lowest BCUT2D eigenvalue weighted by molar-refractivity contribution is -0.126. The Morgan fingerprint density at radius 2 is 1.85 bits per heavy atom. The zero-order valence-corrected chi connectivity index (χ0v) is 27.9. The minimum Gasteiger partial charge on any atom is -0.493 e. The van der Waals surface area contributed by atoms with Crippen LogP contribution in [0.4, 0.5) is 28.1 Å². The molecule has 6 rings (SSSR count). The number of amides is 2. The van der Waals surface area contributed by atoms with Gasteiger partial charge >= 0.3 is 0 Å². The summed E-state index contributed by atoms with van der Waals surface area (Å²) in [6, 6.07) is 11.3. The van der Waals surface area contributed by atoms with Gasteiger partial charge in [-0.15, -0.1) is 0 Å². The molecule has 0 radical (unpaired) electrons. The first-order valence-electron chi connectivity index (χ1n) is 15.1. The van der Waals surface area contributed by atoms with Crippen molar-refractivity contribution in [3.8, 4) is 17.0 Å². The second-order valence-corrected chi connectivity index (χ2v) is 12.6. The summed E-state index contributed by atoms with van der Waals surface area (Å²) in [6.45, 7) is 9.54. The summed E-state index contributed by atoms with van der Waals surface area (Å²) in [4.78, 5) is 46.0. The predicted molar refractivity (Wildman–Crippen MR) is 186 cm³/mol. The number of piperazine rings is 1. The second-order valence-electron chi connectivity index (χ2n) is 11.1. The monoisotopic (exact) mass is 674 g/mol. The maximum absolute atomic E-state index is 13.0. The summed E-state index contributed by atoms with van der Waals surface area (Å²) in [5.74, 6) is 1.46. The molecule has 2 amide bonds. The first-order valence-corrected chi connectivity index (χ1v) is 16.3. The summed E-state index contributed by atoms with van der Waals surface area (Å²) >= 11 is 7.49. The van der Waals surface area contributed by atoms with Crippen LogP contribution in [0.2, 0.25) is 5.02 Å². The van der Waals surface area contributed by atoms with Crippen molar-refractivity contribution in [3.63, 3.8) is 0 Å². The number of thiazole rings is 1. The van der Waals surface area contributed by atoms with E-state index in [1.54, 1.807) is 25.2 Å². The highest BCUT2D eigenvalue weighted by Crippen LogP contribution is 2.37. The summed E-state index contributed by atoms with van der Waals surface area (Å²) in [5.41, 5.74) is 3.92. The number of nitrogens with zero attached hydrogens (tertiary/aromatic N) is 6. The van der Waals surface area contributed by atoms with E-state index in [0.29, 0.717) is 64.2 Å². The van der Waals surface area contributed by atoms with Crippen LogP contribution in [0, 0.1) is 6.92 Å². The molecule has 0 unspecified atom stereocenters. The Hall–Kier alpha value is -4.72. The average molecular weight is 675 g/mol. The molecule has 0 spiro atoms. The van der Waals surface area contributed by atoms with Crippen LogP contribution in [0.5, 0.6) is 5.75 Å². The SMILES string of the molecule is C=CC(=O)N1CCN(c2ncc(-c3ccc(OC)c(Nc4ncc(C(=O)Nc5c(C)cccc5Cl)s4)n3)cc2N2CC(OC)C2)CC1. The van der Waals surface area contributed by atoms with Crippen LogP contribution in [0.1, 0.15) is 15.2 Å². The minimum absolute atomic E-state index is 0.0572. The fourth-order valence-corrected chi connectivity index (χ4v) is 6.46. The quantitative estimate of drug-likeness (QED) is 0.216. The molecule has 0 saturated carbocycles. The zero-order chi connectivity index (χ0) is 33.1. The van der Waals surface area contributed by atoms with E-state index in [0.717, 1.165) is 35.7 Å². The van der Waals surface area contributed by atoms with Crippen molar-refractivity contribution in [2.45, 2.75) is 13.0 Å². The van der Waals surface area contributed by atoms with Crippen LogP contribution in [-0.4, -0.2) is 91.3 Å². The molecule has 3 aromatic heterocycles. The number of carbonyl (C=O) groups excluding carboxylic acids is 2.